The van der Waals surface area contributed by atoms with Crippen molar-refractivity contribution in [2.75, 3.05) is 0 Å². The maximum absolute atomic E-state index is 14.4. The van der Waals surface area contributed by atoms with E-state index in [1.165, 1.54) is 23.1 Å². The number of carbonyl (C=O) groups is 1. The number of aliphatic carboxylic acids is 1. The summed E-state index contributed by atoms with van der Waals surface area (Å²) in [4.78, 5) is 29.5. The molecule has 0 aliphatic carbocycles. The maximum atomic E-state index is 14.4. The lowest BCUT2D eigenvalue weighted by Crippen LogP contribution is -2.26. The first-order valence-electron chi connectivity index (χ1n) is 11.9. The van der Waals surface area contributed by atoms with Crippen molar-refractivity contribution in [3.63, 3.8) is 0 Å². The zero-order valence-electron chi connectivity index (χ0n) is 20.2. The van der Waals surface area contributed by atoms with Crippen molar-refractivity contribution < 1.29 is 14.3 Å². The van der Waals surface area contributed by atoms with Gasteiger partial charge >= 0.3 is 5.97 Å². The molecule has 0 aliphatic rings. The van der Waals surface area contributed by atoms with Crippen molar-refractivity contribution in [3.8, 4) is 16.9 Å². The van der Waals surface area contributed by atoms with Crippen LogP contribution in [0.25, 0.3) is 38.6 Å². The Kier molecular flexibility index (Phi) is 5.56. The van der Waals surface area contributed by atoms with Crippen LogP contribution < -0.4 is 5.56 Å². The fourth-order valence-electron chi connectivity index (χ4n) is 4.91. The van der Waals surface area contributed by atoms with E-state index in [2.05, 4.69) is 10.1 Å². The Morgan fingerprint density at radius 3 is 2.47 bits per heavy atom. The molecule has 6 rings (SSSR count). The van der Waals surface area contributed by atoms with E-state index in [9.17, 15) is 19.1 Å². The van der Waals surface area contributed by atoms with Crippen LogP contribution in [0, 0.1) is 12.7 Å². The van der Waals surface area contributed by atoms with Crippen molar-refractivity contribution >= 4 is 27.6 Å². The van der Waals surface area contributed by atoms with Crippen molar-refractivity contribution in [2.45, 2.75) is 20.0 Å². The SMILES string of the molecule is Cc1c(-c2nn(Cc3ncnn3-c3ccccc3)c(=O)c3ccccc23)c2cc(F)ccc2n1CC(=O)O. The highest BCUT2D eigenvalue weighted by Crippen LogP contribution is 2.37. The van der Waals surface area contributed by atoms with Crippen LogP contribution in [0.4, 0.5) is 4.39 Å². The van der Waals surface area contributed by atoms with E-state index >= 15 is 0 Å². The third-order valence-electron chi connectivity index (χ3n) is 6.59. The van der Waals surface area contributed by atoms with Crippen LogP contribution in [0.1, 0.15) is 11.5 Å². The van der Waals surface area contributed by atoms with E-state index in [1.807, 2.05) is 30.3 Å². The molecule has 0 unspecified atom stereocenters. The summed E-state index contributed by atoms with van der Waals surface area (Å²) in [5.74, 6) is -0.980. The molecule has 0 bridgehead atoms. The monoisotopic (exact) mass is 508 g/mol. The molecule has 0 amide bonds. The minimum absolute atomic E-state index is 0.0345. The van der Waals surface area contributed by atoms with Gasteiger partial charge in [0.05, 0.1) is 11.1 Å². The Morgan fingerprint density at radius 1 is 0.974 bits per heavy atom. The predicted molar refractivity (Wildman–Crippen MR) is 140 cm³/mol. The Morgan fingerprint density at radius 2 is 1.71 bits per heavy atom. The number of aromatic nitrogens is 6. The third-order valence-corrected chi connectivity index (χ3v) is 6.59. The van der Waals surface area contributed by atoms with Gasteiger partial charge in [-0.05, 0) is 43.3 Å². The van der Waals surface area contributed by atoms with Gasteiger partial charge in [-0.25, -0.2) is 18.7 Å². The van der Waals surface area contributed by atoms with Crippen LogP contribution in [-0.4, -0.2) is 40.2 Å². The largest absolute Gasteiger partial charge is 0.480 e. The summed E-state index contributed by atoms with van der Waals surface area (Å²) in [5, 5.41) is 20.1. The molecule has 9 nitrogen and oxygen atoms in total. The van der Waals surface area contributed by atoms with Crippen LogP contribution in [0.2, 0.25) is 0 Å². The summed E-state index contributed by atoms with van der Waals surface area (Å²) in [6.45, 7) is 1.51. The Hall–Kier alpha value is -5.12. The molecular formula is C28H21FN6O3. The van der Waals surface area contributed by atoms with Crippen molar-refractivity contribution in [1.29, 1.82) is 0 Å². The first kappa shape index (κ1) is 23.3. The number of fused-ring (bicyclic) bond motifs is 2. The lowest BCUT2D eigenvalue weighted by molar-refractivity contribution is -0.137. The van der Waals surface area contributed by atoms with Crippen LogP contribution in [0.5, 0.6) is 0 Å². The second kappa shape index (κ2) is 9.07. The molecule has 10 heteroatoms. The third kappa shape index (κ3) is 3.83. The number of hydrogen-bond acceptors (Lipinski definition) is 5. The number of benzene rings is 3. The molecule has 3 aromatic carbocycles. The number of carboxylic acid groups (broad SMARTS) is 1. The topological polar surface area (TPSA) is 108 Å². The minimum Gasteiger partial charge on any atom is -0.480 e. The lowest BCUT2D eigenvalue weighted by Gasteiger charge is -2.13. The van der Waals surface area contributed by atoms with E-state index in [4.69, 9.17) is 5.10 Å². The van der Waals surface area contributed by atoms with Gasteiger partial charge in [0.15, 0.2) is 5.82 Å². The maximum Gasteiger partial charge on any atom is 0.323 e. The molecule has 6 aromatic rings. The Balaban J connectivity index is 1.60. The van der Waals surface area contributed by atoms with Crippen LogP contribution in [-0.2, 0) is 17.9 Å². The van der Waals surface area contributed by atoms with Gasteiger partial charge in [-0.15, -0.1) is 0 Å². The number of rotatable bonds is 6. The van der Waals surface area contributed by atoms with Crippen LogP contribution in [0.3, 0.4) is 0 Å². The average molecular weight is 509 g/mol. The molecule has 0 radical (unpaired) electrons. The normalized spacial score (nSPS) is 11.4. The number of hydrogen-bond donors (Lipinski definition) is 1. The standard InChI is InChI=1S/C28H21FN6O3/c1-17-26(22-13-18(29)11-12-23(22)33(17)15-25(36)37)27-20-9-5-6-10-21(20)28(38)34(32-27)14-24-30-16-31-35(24)19-7-3-2-4-8-19/h2-13,16H,14-15H2,1H3,(H,36,37). The van der Waals surface area contributed by atoms with Crippen LogP contribution in [0.15, 0.2) is 83.9 Å². The average Bonchev–Trinajstić information content (AvgIpc) is 3.48. The van der Waals surface area contributed by atoms with Gasteiger partial charge in [-0.3, -0.25) is 9.59 Å². The van der Waals surface area contributed by atoms with Crippen molar-refractivity contribution in [1.82, 2.24) is 29.1 Å². The molecule has 38 heavy (non-hydrogen) atoms. The number of halogens is 1. The van der Waals surface area contributed by atoms with Crippen molar-refractivity contribution in [2.24, 2.45) is 0 Å². The Labute approximate surface area is 215 Å². The van der Waals surface area contributed by atoms with Gasteiger partial charge in [0.2, 0.25) is 0 Å². The minimum atomic E-state index is -1.02. The summed E-state index contributed by atoms with van der Waals surface area (Å²) < 4.78 is 19.0. The molecule has 0 saturated carbocycles. The highest BCUT2D eigenvalue weighted by atomic mass is 19.1. The first-order valence-corrected chi connectivity index (χ1v) is 11.9. The quantitative estimate of drug-likeness (QED) is 0.362. The predicted octanol–water partition coefficient (Wildman–Crippen LogP) is 4.18. The number of para-hydroxylation sites is 1. The van der Waals surface area contributed by atoms with E-state index in [-0.39, 0.29) is 18.6 Å². The van der Waals surface area contributed by atoms with E-state index < -0.39 is 11.8 Å². The van der Waals surface area contributed by atoms with Gasteiger partial charge in [-0.1, -0.05) is 36.4 Å². The van der Waals surface area contributed by atoms with Gasteiger partial charge in [0.1, 0.15) is 30.9 Å². The summed E-state index contributed by atoms with van der Waals surface area (Å²) in [6, 6.07) is 20.7. The Bertz CT molecular complexity index is 1910. The molecule has 0 spiro atoms. The van der Waals surface area contributed by atoms with Gasteiger partial charge in [0, 0.05) is 27.5 Å². The zero-order valence-corrected chi connectivity index (χ0v) is 20.2. The summed E-state index contributed by atoms with van der Waals surface area (Å²) in [7, 11) is 0. The van der Waals surface area contributed by atoms with Gasteiger partial charge in [-0.2, -0.15) is 10.2 Å². The van der Waals surface area contributed by atoms with Gasteiger partial charge < -0.3 is 9.67 Å². The van der Waals surface area contributed by atoms with Crippen molar-refractivity contribution in [3.05, 3.63) is 107 Å². The number of nitrogens with zero attached hydrogens (tertiary/aromatic N) is 6. The second-order valence-electron chi connectivity index (χ2n) is 8.88. The van der Waals surface area contributed by atoms with E-state index in [1.54, 1.807) is 46.5 Å². The molecule has 3 heterocycles. The highest BCUT2D eigenvalue weighted by molar-refractivity contribution is 6.05. The number of carboxylic acids is 1. The van der Waals surface area contributed by atoms with Gasteiger partial charge in [0.25, 0.3) is 5.56 Å². The lowest BCUT2D eigenvalue weighted by atomic mass is 10.0. The molecule has 0 atom stereocenters. The summed E-state index contributed by atoms with van der Waals surface area (Å²) in [5.41, 5.74) is 2.65. The van der Waals surface area contributed by atoms with E-state index in [0.717, 1.165) is 5.69 Å². The zero-order chi connectivity index (χ0) is 26.4. The highest BCUT2D eigenvalue weighted by Gasteiger charge is 2.23. The van der Waals surface area contributed by atoms with Crippen LogP contribution >= 0.6 is 0 Å². The molecule has 0 saturated heterocycles. The summed E-state index contributed by atoms with van der Waals surface area (Å²) >= 11 is 0. The fraction of sp³-hybridized carbons (Fsp3) is 0.107. The fourth-order valence-corrected chi connectivity index (χ4v) is 4.91. The molecule has 1 N–H and O–H groups in total. The first-order chi connectivity index (χ1) is 18.4. The second-order valence-corrected chi connectivity index (χ2v) is 8.88. The molecular weight excluding hydrogens is 487 g/mol. The molecule has 3 aromatic heterocycles. The molecule has 0 fully saturated rings. The smallest absolute Gasteiger partial charge is 0.323 e. The van der Waals surface area contributed by atoms with E-state index in [0.29, 0.717) is 44.5 Å². The molecule has 0 aliphatic heterocycles. The molecule has 188 valence electrons. The summed E-state index contributed by atoms with van der Waals surface area (Å²) in [6.07, 6.45) is 1.42.